The molecule has 1 N–H and O–H groups in total. The zero-order valence-electron chi connectivity index (χ0n) is 10.5. The molecule has 0 aromatic carbocycles. The quantitative estimate of drug-likeness (QED) is 0.841. The predicted molar refractivity (Wildman–Crippen MR) is 71.9 cm³/mol. The predicted octanol–water partition coefficient (Wildman–Crippen LogP) is 1.96. The minimum Gasteiger partial charge on any atom is -0.464 e. The van der Waals surface area contributed by atoms with Gasteiger partial charge < -0.3 is 10.1 Å². The molecule has 18 heavy (non-hydrogen) atoms. The third-order valence-corrected chi connectivity index (χ3v) is 4.22. The normalized spacial score (nSPS) is 22.8. The van der Waals surface area contributed by atoms with Crippen LogP contribution in [0.3, 0.4) is 0 Å². The van der Waals surface area contributed by atoms with Crippen LogP contribution in [0.5, 0.6) is 0 Å². The Morgan fingerprint density at radius 1 is 1.44 bits per heavy atom. The second-order valence-corrected chi connectivity index (χ2v) is 5.45. The Morgan fingerprint density at radius 3 is 2.83 bits per heavy atom. The van der Waals surface area contributed by atoms with Crippen LogP contribution in [0.2, 0.25) is 0 Å². The van der Waals surface area contributed by atoms with Crippen LogP contribution < -0.4 is 5.32 Å². The van der Waals surface area contributed by atoms with Gasteiger partial charge in [-0.3, -0.25) is 0 Å². The average Bonchev–Trinajstić information content (AvgIpc) is 2.86. The van der Waals surface area contributed by atoms with Gasteiger partial charge in [0, 0.05) is 11.3 Å². The number of carbonyl (C=O) groups is 1. The monoisotopic (exact) mass is 267 g/mol. The number of nitrogens with zero attached hydrogens (tertiary/aromatic N) is 2. The summed E-state index contributed by atoms with van der Waals surface area (Å²) in [5.41, 5.74) is 0.233. The lowest BCUT2D eigenvalue weighted by Gasteiger charge is -2.12. The summed E-state index contributed by atoms with van der Waals surface area (Å²) in [6, 6.07) is 3.86. The minimum absolute atomic E-state index is 0.233. The molecule has 6 heteroatoms. The van der Waals surface area contributed by atoms with E-state index < -0.39 is 5.97 Å². The fourth-order valence-corrected chi connectivity index (χ4v) is 2.91. The summed E-state index contributed by atoms with van der Waals surface area (Å²) < 4.78 is 4.57. The zero-order valence-corrected chi connectivity index (χ0v) is 11.4. The van der Waals surface area contributed by atoms with Crippen LogP contribution in [0.4, 0.5) is 5.82 Å². The van der Waals surface area contributed by atoms with E-state index in [1.54, 1.807) is 12.1 Å². The summed E-state index contributed by atoms with van der Waals surface area (Å²) in [4.78, 5) is 11.2. The van der Waals surface area contributed by atoms with E-state index in [-0.39, 0.29) is 5.69 Å². The maximum absolute atomic E-state index is 11.2. The number of hydrogen-bond donors (Lipinski definition) is 1. The van der Waals surface area contributed by atoms with Gasteiger partial charge in [-0.1, -0.05) is 0 Å². The number of esters is 1. The second-order valence-electron chi connectivity index (χ2n) is 4.31. The summed E-state index contributed by atoms with van der Waals surface area (Å²) >= 11 is 1.92. The SMILES string of the molecule is COC(=O)c1ccc(NC2CCC(SC)C2)nn1. The molecule has 0 radical (unpaired) electrons. The topological polar surface area (TPSA) is 64.1 Å². The van der Waals surface area contributed by atoms with Crippen molar-refractivity contribution in [2.45, 2.75) is 30.6 Å². The molecular formula is C12H17N3O2S. The van der Waals surface area contributed by atoms with Gasteiger partial charge in [-0.15, -0.1) is 10.2 Å². The molecule has 0 spiro atoms. The Hall–Kier alpha value is -1.30. The second kappa shape index (κ2) is 6.04. The van der Waals surface area contributed by atoms with E-state index in [4.69, 9.17) is 0 Å². The number of aromatic nitrogens is 2. The summed E-state index contributed by atoms with van der Waals surface area (Å²) in [5.74, 6) is 0.256. The van der Waals surface area contributed by atoms with Gasteiger partial charge in [0.1, 0.15) is 5.82 Å². The van der Waals surface area contributed by atoms with Crippen molar-refractivity contribution in [3.63, 3.8) is 0 Å². The van der Waals surface area contributed by atoms with Crippen LogP contribution >= 0.6 is 11.8 Å². The smallest absolute Gasteiger partial charge is 0.358 e. The van der Waals surface area contributed by atoms with E-state index >= 15 is 0 Å². The molecule has 0 bridgehead atoms. The highest BCUT2D eigenvalue weighted by molar-refractivity contribution is 7.99. The van der Waals surface area contributed by atoms with Crippen LogP contribution in [0.15, 0.2) is 12.1 Å². The van der Waals surface area contributed by atoms with Crippen molar-refractivity contribution in [1.82, 2.24) is 10.2 Å². The molecule has 1 fully saturated rings. The number of thioether (sulfide) groups is 1. The molecule has 1 heterocycles. The Bertz CT molecular complexity index is 410. The number of carbonyl (C=O) groups excluding carboxylic acids is 1. The lowest BCUT2D eigenvalue weighted by molar-refractivity contribution is 0.0593. The molecule has 2 unspecified atom stereocenters. The minimum atomic E-state index is -0.461. The number of nitrogens with one attached hydrogen (secondary N) is 1. The molecule has 1 saturated carbocycles. The Labute approximate surface area is 111 Å². The molecule has 5 nitrogen and oxygen atoms in total. The Kier molecular flexibility index (Phi) is 4.41. The van der Waals surface area contributed by atoms with Gasteiger partial charge in [0.2, 0.25) is 0 Å². The lowest BCUT2D eigenvalue weighted by Crippen LogP contribution is -2.17. The van der Waals surface area contributed by atoms with Gasteiger partial charge in [0.15, 0.2) is 5.69 Å². The van der Waals surface area contributed by atoms with E-state index in [0.717, 1.165) is 23.9 Å². The van der Waals surface area contributed by atoms with Crippen LogP contribution in [0.1, 0.15) is 29.8 Å². The maximum atomic E-state index is 11.2. The van der Waals surface area contributed by atoms with Crippen LogP contribution in [0.25, 0.3) is 0 Å². The first-order chi connectivity index (χ1) is 8.72. The largest absolute Gasteiger partial charge is 0.464 e. The molecule has 1 aromatic heterocycles. The van der Waals surface area contributed by atoms with Crippen LogP contribution in [-0.2, 0) is 4.74 Å². The molecule has 1 aliphatic carbocycles. The van der Waals surface area contributed by atoms with Crippen molar-refractivity contribution >= 4 is 23.5 Å². The third-order valence-electron chi connectivity index (χ3n) is 3.13. The van der Waals surface area contributed by atoms with E-state index in [1.165, 1.54) is 13.5 Å². The highest BCUT2D eigenvalue weighted by Crippen LogP contribution is 2.29. The van der Waals surface area contributed by atoms with Gasteiger partial charge >= 0.3 is 5.97 Å². The van der Waals surface area contributed by atoms with Crippen LogP contribution in [-0.4, -0.2) is 40.8 Å². The average molecular weight is 267 g/mol. The van der Waals surface area contributed by atoms with Gasteiger partial charge in [0.05, 0.1) is 7.11 Å². The summed E-state index contributed by atoms with van der Waals surface area (Å²) in [6.45, 7) is 0. The van der Waals surface area contributed by atoms with Crippen LogP contribution in [0, 0.1) is 0 Å². The molecule has 2 atom stereocenters. The molecule has 98 valence electrons. The molecular weight excluding hydrogens is 250 g/mol. The molecule has 0 aliphatic heterocycles. The fraction of sp³-hybridized carbons (Fsp3) is 0.583. The van der Waals surface area contributed by atoms with E-state index in [2.05, 4.69) is 26.5 Å². The van der Waals surface area contributed by atoms with Gasteiger partial charge in [-0.2, -0.15) is 11.8 Å². The van der Waals surface area contributed by atoms with E-state index in [1.807, 2.05) is 11.8 Å². The molecule has 0 amide bonds. The summed E-state index contributed by atoms with van der Waals surface area (Å²) in [7, 11) is 1.33. The van der Waals surface area contributed by atoms with Crippen molar-refractivity contribution in [2.75, 3.05) is 18.7 Å². The zero-order chi connectivity index (χ0) is 13.0. The summed E-state index contributed by atoms with van der Waals surface area (Å²) in [6.07, 6.45) is 5.71. The first-order valence-electron chi connectivity index (χ1n) is 5.94. The number of anilines is 1. The molecule has 1 aromatic rings. The highest BCUT2D eigenvalue weighted by Gasteiger charge is 2.24. The fourth-order valence-electron chi connectivity index (χ4n) is 2.12. The Balaban J connectivity index is 1.92. The maximum Gasteiger partial charge on any atom is 0.358 e. The van der Waals surface area contributed by atoms with E-state index in [0.29, 0.717) is 6.04 Å². The van der Waals surface area contributed by atoms with Gasteiger partial charge in [0.25, 0.3) is 0 Å². The highest BCUT2D eigenvalue weighted by atomic mass is 32.2. The van der Waals surface area contributed by atoms with Crippen molar-refractivity contribution in [3.8, 4) is 0 Å². The lowest BCUT2D eigenvalue weighted by atomic mass is 10.2. The van der Waals surface area contributed by atoms with Crippen molar-refractivity contribution < 1.29 is 9.53 Å². The summed E-state index contributed by atoms with van der Waals surface area (Å²) in [5, 5.41) is 11.9. The number of rotatable bonds is 4. The molecule has 1 aliphatic rings. The first kappa shape index (κ1) is 13.1. The Morgan fingerprint density at radius 2 is 2.28 bits per heavy atom. The van der Waals surface area contributed by atoms with Crippen molar-refractivity contribution in [3.05, 3.63) is 17.8 Å². The number of ether oxygens (including phenoxy) is 1. The van der Waals surface area contributed by atoms with Gasteiger partial charge in [-0.25, -0.2) is 4.79 Å². The number of hydrogen-bond acceptors (Lipinski definition) is 6. The number of methoxy groups -OCH3 is 1. The van der Waals surface area contributed by atoms with Crippen molar-refractivity contribution in [2.24, 2.45) is 0 Å². The third kappa shape index (κ3) is 3.13. The first-order valence-corrected chi connectivity index (χ1v) is 7.23. The standard InChI is InChI=1S/C12H17N3O2S/c1-17-12(16)10-5-6-11(15-14-10)13-8-3-4-9(7-8)18-2/h5-6,8-9H,3-4,7H2,1-2H3,(H,13,15). The van der Waals surface area contributed by atoms with Crippen molar-refractivity contribution in [1.29, 1.82) is 0 Å². The van der Waals surface area contributed by atoms with Gasteiger partial charge in [-0.05, 0) is 37.7 Å². The molecule has 0 saturated heterocycles. The molecule has 2 rings (SSSR count). The van der Waals surface area contributed by atoms with E-state index in [9.17, 15) is 4.79 Å².